The number of H-pyrrole nitrogens is 2. The van der Waals surface area contributed by atoms with E-state index in [4.69, 9.17) is 9.97 Å². The Bertz CT molecular complexity index is 1830. The number of benzene rings is 2. The van der Waals surface area contributed by atoms with E-state index in [-0.39, 0.29) is 11.5 Å². The molecule has 2 aromatic carbocycles. The summed E-state index contributed by atoms with van der Waals surface area (Å²) in [4.78, 5) is 16.2. The highest BCUT2D eigenvalue weighted by atomic mass is 16.3. The van der Waals surface area contributed by atoms with Crippen molar-refractivity contribution in [3.05, 3.63) is 95.6 Å². The molecule has 0 spiro atoms. The first-order valence-electron chi connectivity index (χ1n) is 11.6. The second kappa shape index (κ2) is 7.71. The van der Waals surface area contributed by atoms with Crippen molar-refractivity contribution in [2.75, 3.05) is 0 Å². The van der Waals surface area contributed by atoms with Crippen LogP contribution in [-0.2, 0) is 0 Å². The molecule has 7 rings (SSSR count). The number of para-hydroxylation sites is 2. The van der Waals surface area contributed by atoms with Crippen LogP contribution in [0.15, 0.2) is 72.8 Å². The molecule has 0 saturated carbocycles. The van der Waals surface area contributed by atoms with Crippen molar-refractivity contribution >= 4 is 67.9 Å². The van der Waals surface area contributed by atoms with E-state index >= 15 is 0 Å². The number of aromatic nitrogens is 4. The molecule has 0 unspecified atom stereocenters. The summed E-state index contributed by atoms with van der Waals surface area (Å²) in [6.07, 6.45) is 7.64. The minimum Gasteiger partial charge on any atom is -0.507 e. The molecule has 36 heavy (non-hydrogen) atoms. The third-order valence-corrected chi connectivity index (χ3v) is 6.55. The van der Waals surface area contributed by atoms with Gasteiger partial charge in [0.25, 0.3) is 0 Å². The van der Waals surface area contributed by atoms with Gasteiger partial charge in [0.05, 0.1) is 22.8 Å². The van der Waals surface area contributed by atoms with Crippen molar-refractivity contribution in [1.29, 1.82) is 0 Å². The lowest BCUT2D eigenvalue weighted by molar-refractivity contribution is 0.486. The van der Waals surface area contributed by atoms with Gasteiger partial charge in [0.1, 0.15) is 11.5 Å². The van der Waals surface area contributed by atoms with Gasteiger partial charge >= 0.3 is 0 Å². The maximum atomic E-state index is 11.1. The molecular formula is C30H20N4O2. The first-order valence-corrected chi connectivity index (χ1v) is 11.6. The smallest absolute Gasteiger partial charge is 0.134 e. The summed E-state index contributed by atoms with van der Waals surface area (Å²) in [5, 5.41) is 25.0. The third kappa shape index (κ3) is 3.27. The molecule has 0 atom stereocenters. The average molecular weight is 469 g/mol. The topological polar surface area (TPSA) is 97.8 Å². The van der Waals surface area contributed by atoms with Crippen molar-refractivity contribution in [1.82, 2.24) is 19.9 Å². The predicted molar refractivity (Wildman–Crippen MR) is 146 cm³/mol. The van der Waals surface area contributed by atoms with Crippen LogP contribution >= 0.6 is 0 Å². The number of aromatic amines is 2. The van der Waals surface area contributed by atoms with E-state index in [1.807, 2.05) is 97.1 Å². The van der Waals surface area contributed by atoms with Crippen LogP contribution in [0.3, 0.4) is 0 Å². The molecule has 6 nitrogen and oxygen atoms in total. The highest BCUT2D eigenvalue weighted by Crippen LogP contribution is 2.33. The summed E-state index contributed by atoms with van der Waals surface area (Å²) in [5.41, 5.74) is 6.22. The minimum atomic E-state index is 0.176. The number of nitrogens with one attached hydrogen (secondary N) is 2. The molecule has 12 bridgehead atoms. The second-order valence-corrected chi connectivity index (χ2v) is 8.86. The van der Waals surface area contributed by atoms with Gasteiger partial charge in [-0.3, -0.25) is 0 Å². The van der Waals surface area contributed by atoms with Crippen LogP contribution in [0, 0.1) is 0 Å². The number of hydrogen-bond acceptors (Lipinski definition) is 4. The molecular weight excluding hydrogens is 448 g/mol. The summed E-state index contributed by atoms with van der Waals surface area (Å²) >= 11 is 0. The monoisotopic (exact) mass is 468 g/mol. The Labute approximate surface area is 205 Å². The normalized spacial score (nSPS) is 12.4. The van der Waals surface area contributed by atoms with Crippen molar-refractivity contribution in [3.63, 3.8) is 0 Å². The molecule has 6 heteroatoms. The number of hydrogen-bond donors (Lipinski definition) is 4. The van der Waals surface area contributed by atoms with E-state index in [0.717, 1.165) is 33.5 Å². The summed E-state index contributed by atoms with van der Waals surface area (Å²) in [6, 6.07) is 23.0. The first-order chi connectivity index (χ1) is 17.6. The SMILES string of the molecule is Oc1c2cccc1c1ccc(cc3nc(c4cccc(c4O)c4ccc(cc5nc2C=C5)[nH]4)C=C3)[nH]1. The average Bonchev–Trinajstić information content (AvgIpc) is 3.68. The van der Waals surface area contributed by atoms with E-state index in [1.165, 1.54) is 0 Å². The molecule has 0 aliphatic carbocycles. The molecule has 5 aromatic rings. The minimum absolute atomic E-state index is 0.176. The second-order valence-electron chi connectivity index (χ2n) is 8.86. The van der Waals surface area contributed by atoms with Gasteiger partial charge in [-0.2, -0.15) is 0 Å². The predicted octanol–water partition coefficient (Wildman–Crippen LogP) is 6.94. The van der Waals surface area contributed by atoms with E-state index in [1.54, 1.807) is 0 Å². The van der Waals surface area contributed by atoms with Crippen molar-refractivity contribution in [2.24, 2.45) is 0 Å². The first kappa shape index (κ1) is 20.3. The van der Waals surface area contributed by atoms with E-state index in [9.17, 15) is 10.2 Å². The number of rotatable bonds is 0. The Kier molecular flexibility index (Phi) is 4.35. The number of phenols is 2. The lowest BCUT2D eigenvalue weighted by Crippen LogP contribution is -1.80. The third-order valence-electron chi connectivity index (χ3n) is 6.55. The van der Waals surface area contributed by atoms with Crippen LogP contribution in [0.5, 0.6) is 11.5 Å². The van der Waals surface area contributed by atoms with Gasteiger partial charge in [-0.1, -0.05) is 12.1 Å². The van der Waals surface area contributed by atoms with Crippen molar-refractivity contribution in [3.8, 4) is 11.5 Å². The zero-order valence-electron chi connectivity index (χ0n) is 19.0. The maximum Gasteiger partial charge on any atom is 0.134 e. The molecule has 4 N–H and O–H groups in total. The van der Waals surface area contributed by atoms with Crippen molar-refractivity contribution in [2.45, 2.75) is 0 Å². The zero-order valence-corrected chi connectivity index (χ0v) is 19.0. The van der Waals surface area contributed by atoms with Gasteiger partial charge in [0, 0.05) is 43.6 Å². The van der Waals surface area contributed by atoms with E-state index in [2.05, 4.69) is 9.97 Å². The van der Waals surface area contributed by atoms with Gasteiger partial charge in [0.15, 0.2) is 0 Å². The molecule has 2 aliphatic rings. The van der Waals surface area contributed by atoms with Crippen LogP contribution in [-0.4, -0.2) is 30.1 Å². The Balaban J connectivity index is 1.62. The number of fused-ring (bicyclic) bond motifs is 16. The number of aromatic hydroxyl groups is 2. The highest BCUT2D eigenvalue weighted by molar-refractivity contribution is 5.98. The molecule has 3 aromatic heterocycles. The molecule has 0 saturated heterocycles. The lowest BCUT2D eigenvalue weighted by Gasteiger charge is -2.00. The lowest BCUT2D eigenvalue weighted by atomic mass is 10.1. The largest absolute Gasteiger partial charge is 0.507 e. The molecule has 0 amide bonds. The Morgan fingerprint density at radius 3 is 1.42 bits per heavy atom. The maximum absolute atomic E-state index is 11.1. The van der Waals surface area contributed by atoms with Gasteiger partial charge in [0.2, 0.25) is 0 Å². The van der Waals surface area contributed by atoms with Crippen LogP contribution in [0.25, 0.3) is 67.9 Å². The van der Waals surface area contributed by atoms with Crippen LogP contribution in [0.4, 0.5) is 0 Å². The molecule has 0 fully saturated rings. The molecule has 2 aliphatic heterocycles. The van der Waals surface area contributed by atoms with Gasteiger partial charge in [-0.05, 0) is 85.0 Å². The fourth-order valence-corrected chi connectivity index (χ4v) is 4.78. The van der Waals surface area contributed by atoms with Crippen LogP contribution in [0.1, 0.15) is 22.8 Å². The zero-order chi connectivity index (χ0) is 24.2. The van der Waals surface area contributed by atoms with E-state index < -0.39 is 0 Å². The van der Waals surface area contributed by atoms with Gasteiger partial charge < -0.3 is 20.2 Å². The Morgan fingerprint density at radius 2 is 0.944 bits per heavy atom. The Morgan fingerprint density at radius 1 is 0.500 bits per heavy atom. The Hall–Kier alpha value is -5.10. The standard InChI is InChI=1S/C30H20N4O2/c35-29-21-3-1-4-22(29)26-12-8-18(32-26)16-20-10-14-28(34-20)24-6-2-5-23(30(24)36)27-13-9-19(33-27)15-17-7-11-25(21)31-17/h1-16,31,34-36H. The quantitative estimate of drug-likeness (QED) is 0.194. The summed E-state index contributed by atoms with van der Waals surface area (Å²) in [7, 11) is 0. The highest BCUT2D eigenvalue weighted by Gasteiger charge is 2.10. The summed E-state index contributed by atoms with van der Waals surface area (Å²) in [6.45, 7) is 0. The van der Waals surface area contributed by atoms with E-state index in [0.29, 0.717) is 32.9 Å². The van der Waals surface area contributed by atoms with Crippen molar-refractivity contribution < 1.29 is 10.2 Å². The number of phenolic OH excluding ortho intramolecular Hbond substituents is 2. The molecule has 5 heterocycles. The summed E-state index contributed by atoms with van der Waals surface area (Å²) < 4.78 is 0. The fraction of sp³-hybridized carbons (Fsp3) is 0. The van der Waals surface area contributed by atoms with Crippen LogP contribution < -0.4 is 0 Å². The fourth-order valence-electron chi connectivity index (χ4n) is 4.78. The summed E-state index contributed by atoms with van der Waals surface area (Å²) in [5.74, 6) is 0.351. The molecule has 172 valence electrons. The van der Waals surface area contributed by atoms with Gasteiger partial charge in [-0.25, -0.2) is 9.97 Å². The van der Waals surface area contributed by atoms with Gasteiger partial charge in [-0.15, -0.1) is 0 Å². The molecule has 0 radical (unpaired) electrons. The van der Waals surface area contributed by atoms with Crippen LogP contribution in [0.2, 0.25) is 0 Å². The number of nitrogens with zero attached hydrogens (tertiary/aromatic N) is 2.